The topological polar surface area (TPSA) is 63.4 Å². The number of carbonyl (C=O) groups is 1. The molecule has 1 amide bonds. The summed E-state index contributed by atoms with van der Waals surface area (Å²) in [6.45, 7) is -0.0614. The average Bonchev–Trinajstić information content (AvgIpc) is 2.57. The van der Waals surface area contributed by atoms with E-state index in [4.69, 9.17) is 0 Å². The lowest BCUT2D eigenvalue weighted by atomic mass is 9.99. The van der Waals surface area contributed by atoms with Gasteiger partial charge in [-0.2, -0.15) is 13.2 Å². The molecule has 0 saturated carbocycles. The van der Waals surface area contributed by atoms with Crippen LogP contribution in [0.15, 0.2) is 40.9 Å². The molecule has 0 N–H and O–H groups in total. The number of non-ortho nitro benzene ring substituents is 1. The third-order valence-electron chi connectivity index (χ3n) is 4.19. The molecule has 3 rings (SSSR count). The summed E-state index contributed by atoms with van der Waals surface area (Å²) in [6, 6.07) is 7.90. The Labute approximate surface area is 154 Å². The molecule has 0 saturated heterocycles. The first-order chi connectivity index (χ1) is 12.2. The maximum Gasteiger partial charge on any atom is 0.417 e. The molecular formula is C17H12BrF3N2O3. The molecule has 26 heavy (non-hydrogen) atoms. The minimum absolute atomic E-state index is 0.0614. The van der Waals surface area contributed by atoms with Crippen molar-refractivity contribution < 1.29 is 22.9 Å². The van der Waals surface area contributed by atoms with Crippen LogP contribution in [-0.4, -0.2) is 10.8 Å². The zero-order valence-electron chi connectivity index (χ0n) is 13.2. The number of hydrogen-bond acceptors (Lipinski definition) is 3. The minimum atomic E-state index is -4.51. The molecule has 0 fully saturated rings. The van der Waals surface area contributed by atoms with E-state index in [1.165, 1.54) is 35.2 Å². The van der Waals surface area contributed by atoms with E-state index in [1.54, 1.807) is 0 Å². The second-order valence-electron chi connectivity index (χ2n) is 5.83. The quantitative estimate of drug-likeness (QED) is 0.518. The Kier molecular flexibility index (Phi) is 4.74. The van der Waals surface area contributed by atoms with Gasteiger partial charge in [-0.05, 0) is 45.6 Å². The number of fused-ring (bicyclic) bond motifs is 1. The lowest BCUT2D eigenvalue weighted by Gasteiger charge is -2.30. The van der Waals surface area contributed by atoms with Crippen LogP contribution in [0.5, 0.6) is 0 Å². The predicted octanol–water partition coefficient (Wildman–Crippen LogP) is 4.86. The van der Waals surface area contributed by atoms with Crippen LogP contribution in [0.3, 0.4) is 0 Å². The SMILES string of the molecule is O=C1CCc2cc([N+](=O)[O-])ccc2N1Cc1cccc(C(F)(F)F)c1Br. The number of hydrogen-bond donors (Lipinski definition) is 0. The van der Waals surface area contributed by atoms with Crippen molar-refractivity contribution >= 4 is 33.2 Å². The molecule has 9 heteroatoms. The van der Waals surface area contributed by atoms with Gasteiger partial charge in [0.05, 0.1) is 17.0 Å². The van der Waals surface area contributed by atoms with Crippen LogP contribution in [0.2, 0.25) is 0 Å². The summed E-state index contributed by atoms with van der Waals surface area (Å²) in [6.07, 6.45) is -4.01. The van der Waals surface area contributed by atoms with E-state index in [2.05, 4.69) is 15.9 Å². The van der Waals surface area contributed by atoms with Crippen molar-refractivity contribution in [2.45, 2.75) is 25.6 Å². The number of rotatable bonds is 3. The second kappa shape index (κ2) is 6.71. The van der Waals surface area contributed by atoms with Crippen LogP contribution in [0.4, 0.5) is 24.5 Å². The van der Waals surface area contributed by atoms with Gasteiger partial charge in [0.2, 0.25) is 5.91 Å². The maximum absolute atomic E-state index is 13.1. The fraction of sp³-hybridized carbons (Fsp3) is 0.235. The van der Waals surface area contributed by atoms with E-state index >= 15 is 0 Å². The Balaban J connectivity index is 1.99. The Morgan fingerprint density at radius 3 is 2.58 bits per heavy atom. The summed E-state index contributed by atoms with van der Waals surface area (Å²) in [5, 5.41) is 10.9. The summed E-state index contributed by atoms with van der Waals surface area (Å²) >= 11 is 2.99. The standard InChI is InChI=1S/C17H12BrF3N2O3/c18-16-11(2-1-3-13(16)17(19,20)21)9-22-14-6-5-12(23(25)26)8-10(14)4-7-15(22)24/h1-3,5-6,8H,4,7,9H2. The first-order valence-electron chi connectivity index (χ1n) is 7.60. The number of anilines is 1. The van der Waals surface area contributed by atoms with E-state index < -0.39 is 16.7 Å². The number of alkyl halides is 3. The summed E-state index contributed by atoms with van der Waals surface area (Å²) in [5.74, 6) is -0.240. The normalized spacial score (nSPS) is 14.3. The number of halogens is 4. The fourth-order valence-corrected chi connectivity index (χ4v) is 3.54. The van der Waals surface area contributed by atoms with Crippen LogP contribution < -0.4 is 4.90 Å². The fourth-order valence-electron chi connectivity index (χ4n) is 2.92. The van der Waals surface area contributed by atoms with Crippen molar-refractivity contribution in [2.24, 2.45) is 0 Å². The smallest absolute Gasteiger partial charge is 0.308 e. The van der Waals surface area contributed by atoms with Crippen molar-refractivity contribution in [3.8, 4) is 0 Å². The number of nitro benzene ring substituents is 1. The zero-order valence-corrected chi connectivity index (χ0v) is 14.8. The highest BCUT2D eigenvalue weighted by Crippen LogP contribution is 2.38. The highest BCUT2D eigenvalue weighted by Gasteiger charge is 2.34. The van der Waals surface area contributed by atoms with Crippen molar-refractivity contribution in [3.63, 3.8) is 0 Å². The number of amides is 1. The van der Waals surface area contributed by atoms with Crippen LogP contribution in [0, 0.1) is 10.1 Å². The van der Waals surface area contributed by atoms with Gasteiger partial charge in [0.25, 0.3) is 5.69 Å². The Hall–Kier alpha value is -2.42. The van der Waals surface area contributed by atoms with Gasteiger partial charge in [0.15, 0.2) is 0 Å². The van der Waals surface area contributed by atoms with Crippen molar-refractivity contribution in [1.82, 2.24) is 0 Å². The molecule has 0 unspecified atom stereocenters. The predicted molar refractivity (Wildman–Crippen MR) is 91.8 cm³/mol. The highest BCUT2D eigenvalue weighted by molar-refractivity contribution is 9.10. The Morgan fingerprint density at radius 2 is 1.92 bits per heavy atom. The van der Waals surface area contributed by atoms with Gasteiger partial charge in [-0.25, -0.2) is 0 Å². The van der Waals surface area contributed by atoms with E-state index in [0.29, 0.717) is 23.2 Å². The summed E-state index contributed by atoms with van der Waals surface area (Å²) in [7, 11) is 0. The number of nitro groups is 1. The summed E-state index contributed by atoms with van der Waals surface area (Å²) < 4.78 is 39.1. The van der Waals surface area contributed by atoms with Crippen LogP contribution in [0.25, 0.3) is 0 Å². The third kappa shape index (κ3) is 3.44. The average molecular weight is 429 g/mol. The lowest BCUT2D eigenvalue weighted by Crippen LogP contribution is -2.34. The van der Waals surface area contributed by atoms with E-state index in [9.17, 15) is 28.1 Å². The van der Waals surface area contributed by atoms with Crippen molar-refractivity contribution in [1.29, 1.82) is 0 Å². The van der Waals surface area contributed by atoms with E-state index in [-0.39, 0.29) is 29.0 Å². The van der Waals surface area contributed by atoms with E-state index in [1.807, 2.05) is 0 Å². The monoisotopic (exact) mass is 428 g/mol. The lowest BCUT2D eigenvalue weighted by molar-refractivity contribution is -0.384. The zero-order chi connectivity index (χ0) is 19.1. The van der Waals surface area contributed by atoms with Gasteiger partial charge in [0, 0.05) is 28.7 Å². The molecule has 2 aromatic rings. The van der Waals surface area contributed by atoms with Gasteiger partial charge in [0.1, 0.15) is 0 Å². The first kappa shape index (κ1) is 18.4. The molecule has 1 aliphatic heterocycles. The number of aryl methyl sites for hydroxylation is 1. The first-order valence-corrected chi connectivity index (χ1v) is 8.40. The summed E-state index contributed by atoms with van der Waals surface area (Å²) in [4.78, 5) is 24.1. The van der Waals surface area contributed by atoms with Crippen molar-refractivity contribution in [2.75, 3.05) is 4.90 Å². The molecule has 5 nitrogen and oxygen atoms in total. The van der Waals surface area contributed by atoms with E-state index in [0.717, 1.165) is 6.07 Å². The maximum atomic E-state index is 13.1. The summed E-state index contributed by atoms with van der Waals surface area (Å²) in [5.41, 5.74) is 0.513. The minimum Gasteiger partial charge on any atom is -0.308 e. The molecule has 0 aliphatic carbocycles. The van der Waals surface area contributed by atoms with Gasteiger partial charge >= 0.3 is 6.18 Å². The molecule has 0 bridgehead atoms. The molecule has 2 aromatic carbocycles. The molecule has 1 aliphatic rings. The molecule has 0 aromatic heterocycles. The second-order valence-corrected chi connectivity index (χ2v) is 6.62. The van der Waals surface area contributed by atoms with Crippen LogP contribution >= 0.6 is 15.9 Å². The van der Waals surface area contributed by atoms with Gasteiger partial charge < -0.3 is 4.90 Å². The number of carbonyl (C=O) groups excluding carboxylic acids is 1. The van der Waals surface area contributed by atoms with Gasteiger partial charge in [-0.1, -0.05) is 12.1 Å². The molecular weight excluding hydrogens is 417 g/mol. The molecule has 0 spiro atoms. The molecule has 0 radical (unpaired) electrons. The molecule has 0 atom stereocenters. The van der Waals surface area contributed by atoms with Gasteiger partial charge in [-0.15, -0.1) is 0 Å². The molecule has 136 valence electrons. The highest BCUT2D eigenvalue weighted by atomic mass is 79.9. The Bertz CT molecular complexity index is 899. The number of benzene rings is 2. The van der Waals surface area contributed by atoms with Gasteiger partial charge in [-0.3, -0.25) is 14.9 Å². The number of nitrogens with zero attached hydrogens (tertiary/aromatic N) is 2. The molecule has 1 heterocycles. The van der Waals surface area contributed by atoms with Crippen LogP contribution in [0.1, 0.15) is 23.1 Å². The Morgan fingerprint density at radius 1 is 1.19 bits per heavy atom. The van der Waals surface area contributed by atoms with Crippen LogP contribution in [-0.2, 0) is 23.9 Å². The third-order valence-corrected chi connectivity index (χ3v) is 5.12. The van der Waals surface area contributed by atoms with Crippen molar-refractivity contribution in [3.05, 3.63) is 67.7 Å². The largest absolute Gasteiger partial charge is 0.417 e.